The monoisotopic (exact) mass is 538 g/mol. The summed E-state index contributed by atoms with van der Waals surface area (Å²) in [5.41, 5.74) is -2.72. The molecular weight excluding hydrogens is 522 g/mol. The molecule has 0 atom stereocenters. The topological polar surface area (TPSA) is 137 Å². The third-order valence-electron chi connectivity index (χ3n) is 5.20. The van der Waals surface area contributed by atoms with E-state index in [1.807, 2.05) is 4.72 Å². The van der Waals surface area contributed by atoms with Crippen molar-refractivity contribution in [2.45, 2.75) is 4.90 Å². The van der Waals surface area contributed by atoms with Crippen LogP contribution in [0.1, 0.15) is 10.5 Å². The fourth-order valence-corrected chi connectivity index (χ4v) is 4.96. The Balaban J connectivity index is 1.87. The van der Waals surface area contributed by atoms with E-state index in [1.54, 1.807) is 0 Å². The summed E-state index contributed by atoms with van der Waals surface area (Å²) in [5, 5.41) is 2.36. The standard InChI is InChI=1S/C21H17ClF2N6O5S/c1-25-18(31)17-20-29(2)21(32)11(8-30(20)9-27-17)15-12(23)4-5-13(16(15)24)28-36(33,34)14-6-10(22)7-26-19(14)35-3/h4-9,28H,1-3H3,(H,25,31). The first kappa shape index (κ1) is 25.1. The number of amides is 1. The Morgan fingerprint density at radius 3 is 2.61 bits per heavy atom. The number of methoxy groups -OCH3 is 1. The van der Waals surface area contributed by atoms with Crippen molar-refractivity contribution in [3.8, 4) is 17.0 Å². The van der Waals surface area contributed by atoms with Gasteiger partial charge in [0.15, 0.2) is 22.1 Å². The molecule has 15 heteroatoms. The molecule has 4 aromatic rings. The number of ether oxygens (including phenoxy) is 1. The van der Waals surface area contributed by atoms with Crippen LogP contribution in [0.5, 0.6) is 5.88 Å². The maximum absolute atomic E-state index is 15.5. The van der Waals surface area contributed by atoms with Crippen LogP contribution in [0.4, 0.5) is 14.5 Å². The Kier molecular flexibility index (Phi) is 6.41. The van der Waals surface area contributed by atoms with E-state index in [0.717, 1.165) is 35.2 Å². The van der Waals surface area contributed by atoms with E-state index in [4.69, 9.17) is 16.3 Å². The first-order valence-corrected chi connectivity index (χ1v) is 11.9. The predicted molar refractivity (Wildman–Crippen MR) is 126 cm³/mol. The van der Waals surface area contributed by atoms with E-state index in [2.05, 4.69) is 15.3 Å². The summed E-state index contributed by atoms with van der Waals surface area (Å²) >= 11 is 5.85. The van der Waals surface area contributed by atoms with Crippen molar-refractivity contribution in [1.29, 1.82) is 0 Å². The fraction of sp³-hybridized carbons (Fsp3) is 0.143. The number of sulfonamides is 1. The van der Waals surface area contributed by atoms with Gasteiger partial charge in [-0.25, -0.2) is 27.2 Å². The van der Waals surface area contributed by atoms with Crippen molar-refractivity contribution in [3.05, 3.63) is 69.6 Å². The van der Waals surface area contributed by atoms with E-state index in [-0.39, 0.29) is 22.2 Å². The van der Waals surface area contributed by atoms with Crippen molar-refractivity contribution in [1.82, 2.24) is 24.3 Å². The van der Waals surface area contributed by atoms with Gasteiger partial charge in [-0.3, -0.25) is 23.3 Å². The second-order valence-corrected chi connectivity index (χ2v) is 9.45. The van der Waals surface area contributed by atoms with Gasteiger partial charge in [-0.2, -0.15) is 0 Å². The molecule has 0 aliphatic rings. The van der Waals surface area contributed by atoms with Crippen LogP contribution in [-0.4, -0.2) is 47.4 Å². The number of benzene rings is 1. The molecule has 3 heterocycles. The molecule has 2 N–H and O–H groups in total. The molecule has 1 aromatic carbocycles. The molecule has 0 saturated heterocycles. The minimum Gasteiger partial charge on any atom is -0.480 e. The molecule has 0 aliphatic heterocycles. The Bertz CT molecular complexity index is 1700. The number of fused-ring (bicyclic) bond motifs is 1. The number of aromatic nitrogens is 4. The van der Waals surface area contributed by atoms with Gasteiger partial charge in [-0.15, -0.1) is 0 Å². The number of anilines is 1. The summed E-state index contributed by atoms with van der Waals surface area (Å²) in [5.74, 6) is -3.35. The number of hydrogen-bond acceptors (Lipinski definition) is 7. The van der Waals surface area contributed by atoms with Crippen molar-refractivity contribution < 1.29 is 26.7 Å². The highest BCUT2D eigenvalue weighted by Crippen LogP contribution is 2.32. The van der Waals surface area contributed by atoms with Crippen LogP contribution in [0.15, 0.2) is 46.6 Å². The van der Waals surface area contributed by atoms with E-state index >= 15 is 4.39 Å². The number of nitrogens with one attached hydrogen (secondary N) is 2. The first-order chi connectivity index (χ1) is 17.0. The van der Waals surface area contributed by atoms with Crippen LogP contribution in [0.3, 0.4) is 0 Å². The van der Waals surface area contributed by atoms with Crippen LogP contribution in [0.2, 0.25) is 5.02 Å². The highest BCUT2D eigenvalue weighted by molar-refractivity contribution is 7.92. The van der Waals surface area contributed by atoms with Gasteiger partial charge in [0.05, 0.1) is 28.9 Å². The van der Waals surface area contributed by atoms with Crippen LogP contribution >= 0.6 is 11.6 Å². The lowest BCUT2D eigenvalue weighted by atomic mass is 10.1. The molecule has 1 amide bonds. The zero-order valence-corrected chi connectivity index (χ0v) is 20.4. The molecule has 188 valence electrons. The van der Waals surface area contributed by atoms with Gasteiger partial charge in [0.2, 0.25) is 5.88 Å². The van der Waals surface area contributed by atoms with Crippen LogP contribution in [0.25, 0.3) is 16.8 Å². The van der Waals surface area contributed by atoms with E-state index in [1.165, 1.54) is 31.9 Å². The number of hydrogen-bond donors (Lipinski definition) is 2. The van der Waals surface area contributed by atoms with E-state index < -0.39 is 54.8 Å². The second-order valence-electron chi connectivity index (χ2n) is 7.36. The lowest BCUT2D eigenvalue weighted by molar-refractivity contribution is 0.0960. The van der Waals surface area contributed by atoms with Gasteiger partial charge < -0.3 is 10.1 Å². The lowest BCUT2D eigenvalue weighted by Crippen LogP contribution is -2.25. The molecule has 0 fully saturated rings. The number of nitrogens with zero attached hydrogens (tertiary/aromatic N) is 4. The molecule has 0 radical (unpaired) electrons. The summed E-state index contributed by atoms with van der Waals surface area (Å²) in [6, 6.07) is 2.71. The molecule has 4 rings (SSSR count). The second kappa shape index (κ2) is 9.20. The quantitative estimate of drug-likeness (QED) is 0.384. The van der Waals surface area contributed by atoms with Crippen LogP contribution < -0.4 is 20.3 Å². The largest absolute Gasteiger partial charge is 0.480 e. The van der Waals surface area contributed by atoms with Crippen LogP contribution in [0, 0.1) is 11.6 Å². The van der Waals surface area contributed by atoms with Crippen molar-refractivity contribution in [3.63, 3.8) is 0 Å². The molecule has 0 unspecified atom stereocenters. The highest BCUT2D eigenvalue weighted by Gasteiger charge is 2.27. The smallest absolute Gasteiger partial charge is 0.273 e. The molecule has 36 heavy (non-hydrogen) atoms. The summed E-state index contributed by atoms with van der Waals surface area (Å²) < 4.78 is 65.5. The van der Waals surface area contributed by atoms with Gasteiger partial charge in [-0.05, 0) is 18.2 Å². The average Bonchev–Trinajstić information content (AvgIpc) is 3.27. The first-order valence-electron chi connectivity index (χ1n) is 9.99. The molecule has 3 aromatic heterocycles. The van der Waals surface area contributed by atoms with Crippen molar-refractivity contribution in [2.24, 2.45) is 7.05 Å². The Morgan fingerprint density at radius 2 is 1.94 bits per heavy atom. The van der Waals surface area contributed by atoms with Crippen molar-refractivity contribution in [2.75, 3.05) is 18.9 Å². The Labute approximate surface area is 207 Å². The van der Waals surface area contributed by atoms with E-state index in [0.29, 0.717) is 0 Å². The third-order valence-corrected chi connectivity index (χ3v) is 6.77. The number of pyridine rings is 1. The summed E-state index contributed by atoms with van der Waals surface area (Å²) in [7, 11) is -0.635. The van der Waals surface area contributed by atoms with Gasteiger partial charge in [0.1, 0.15) is 12.1 Å². The fourth-order valence-electron chi connectivity index (χ4n) is 3.53. The van der Waals surface area contributed by atoms with E-state index in [9.17, 15) is 22.4 Å². The zero-order valence-electron chi connectivity index (χ0n) is 18.8. The number of carbonyl (C=O) groups is 1. The number of aryl methyl sites for hydroxylation is 1. The average molecular weight is 539 g/mol. The Hall–Kier alpha value is -4.04. The normalized spacial score (nSPS) is 11.5. The summed E-state index contributed by atoms with van der Waals surface area (Å²) in [6.45, 7) is 0. The van der Waals surface area contributed by atoms with Gasteiger partial charge >= 0.3 is 0 Å². The minimum atomic E-state index is -4.50. The number of imidazole rings is 1. The van der Waals surface area contributed by atoms with Gasteiger partial charge in [0.25, 0.3) is 21.5 Å². The number of rotatable bonds is 6. The molecule has 0 spiro atoms. The third kappa shape index (κ3) is 4.13. The summed E-state index contributed by atoms with van der Waals surface area (Å²) in [6.07, 6.45) is 3.46. The molecular formula is C21H17ClF2N6O5S. The maximum Gasteiger partial charge on any atom is 0.273 e. The minimum absolute atomic E-state index is 0.0234. The van der Waals surface area contributed by atoms with Crippen LogP contribution in [-0.2, 0) is 17.1 Å². The lowest BCUT2D eigenvalue weighted by Gasteiger charge is -2.14. The molecule has 11 nitrogen and oxygen atoms in total. The summed E-state index contributed by atoms with van der Waals surface area (Å²) in [4.78, 5) is 32.4. The number of carbonyl (C=O) groups excluding carboxylic acids is 1. The van der Waals surface area contributed by atoms with Gasteiger partial charge in [0, 0.05) is 26.5 Å². The SMILES string of the molecule is CNC(=O)c1ncn2cc(-c3c(F)ccc(NS(=O)(=O)c4cc(Cl)cnc4OC)c3F)c(=O)n(C)c12. The maximum atomic E-state index is 15.5. The zero-order chi connectivity index (χ0) is 26.4. The number of halogens is 3. The molecule has 0 saturated carbocycles. The molecule has 0 bridgehead atoms. The predicted octanol–water partition coefficient (Wildman–Crippen LogP) is 2.20. The Morgan fingerprint density at radius 1 is 1.22 bits per heavy atom. The van der Waals surface area contributed by atoms with Crippen molar-refractivity contribution >= 4 is 38.9 Å². The molecule has 0 aliphatic carbocycles. The highest BCUT2D eigenvalue weighted by atomic mass is 35.5. The van der Waals surface area contributed by atoms with Gasteiger partial charge in [-0.1, -0.05) is 11.6 Å².